The molecule has 95 valence electrons. The molecule has 0 unspecified atom stereocenters. The van der Waals surface area contributed by atoms with Gasteiger partial charge in [0.05, 0.1) is 6.61 Å². The van der Waals surface area contributed by atoms with E-state index in [2.05, 4.69) is 39.0 Å². The number of aliphatic hydroxyl groups is 1. The van der Waals surface area contributed by atoms with Gasteiger partial charge in [0.25, 0.3) is 0 Å². The van der Waals surface area contributed by atoms with E-state index >= 15 is 0 Å². The van der Waals surface area contributed by atoms with E-state index in [0.29, 0.717) is 5.92 Å². The molecular weight excluding hydrogens is 208 g/mol. The van der Waals surface area contributed by atoms with Gasteiger partial charge in [-0.05, 0) is 35.4 Å². The van der Waals surface area contributed by atoms with Crippen molar-refractivity contribution >= 4 is 0 Å². The van der Waals surface area contributed by atoms with Crippen LogP contribution in [0.1, 0.15) is 50.8 Å². The highest BCUT2D eigenvalue weighted by atomic mass is 16.3. The molecule has 0 aliphatic heterocycles. The van der Waals surface area contributed by atoms with E-state index in [1.165, 1.54) is 23.1 Å². The van der Waals surface area contributed by atoms with E-state index < -0.39 is 0 Å². The van der Waals surface area contributed by atoms with E-state index in [0.717, 1.165) is 18.8 Å². The summed E-state index contributed by atoms with van der Waals surface area (Å²) >= 11 is 0. The molecule has 0 atom stereocenters. The van der Waals surface area contributed by atoms with Crippen molar-refractivity contribution in [1.29, 1.82) is 0 Å². The Hall–Kier alpha value is -0.820. The first kappa shape index (κ1) is 14.2. The number of aryl methyl sites for hydroxylation is 1. The Morgan fingerprint density at radius 1 is 1.18 bits per heavy atom. The van der Waals surface area contributed by atoms with Crippen LogP contribution in [0.2, 0.25) is 0 Å². The molecule has 17 heavy (non-hydrogen) atoms. The van der Waals surface area contributed by atoms with Crippen molar-refractivity contribution in [2.45, 2.75) is 47.0 Å². The van der Waals surface area contributed by atoms with E-state index in [1.807, 2.05) is 6.92 Å². The Bertz CT molecular complexity index is 341. The number of rotatable bonds is 6. The molecule has 1 aromatic carbocycles. The fourth-order valence-electron chi connectivity index (χ4n) is 2.12. The zero-order chi connectivity index (χ0) is 12.8. The van der Waals surface area contributed by atoms with Gasteiger partial charge in [0, 0.05) is 5.92 Å². The Labute approximate surface area is 106 Å². The predicted octanol–water partition coefficient (Wildman–Crippen LogP) is 3.77. The summed E-state index contributed by atoms with van der Waals surface area (Å²) in [5.74, 6) is 1.74. The van der Waals surface area contributed by atoms with Crippen LogP contribution in [-0.2, 0) is 12.8 Å². The Morgan fingerprint density at radius 2 is 1.82 bits per heavy atom. The summed E-state index contributed by atoms with van der Waals surface area (Å²) in [4.78, 5) is 0. The van der Waals surface area contributed by atoms with E-state index in [1.54, 1.807) is 0 Å². The van der Waals surface area contributed by atoms with E-state index in [9.17, 15) is 5.11 Å². The molecule has 0 amide bonds. The normalized spacial score (nSPS) is 11.5. The third kappa shape index (κ3) is 4.51. The lowest BCUT2D eigenvalue weighted by Gasteiger charge is -2.14. The quantitative estimate of drug-likeness (QED) is 0.793. The summed E-state index contributed by atoms with van der Waals surface area (Å²) in [5, 5.41) is 9.24. The molecule has 0 spiro atoms. The molecule has 1 rings (SSSR count). The Morgan fingerprint density at radius 3 is 2.35 bits per heavy atom. The molecule has 0 aliphatic rings. The van der Waals surface area contributed by atoms with Crippen molar-refractivity contribution in [3.63, 3.8) is 0 Å². The molecule has 0 saturated carbocycles. The van der Waals surface area contributed by atoms with Gasteiger partial charge in [-0.25, -0.2) is 0 Å². The second-order valence-corrected chi connectivity index (χ2v) is 5.32. The van der Waals surface area contributed by atoms with Crippen LogP contribution in [0.4, 0.5) is 0 Å². The van der Waals surface area contributed by atoms with Crippen molar-refractivity contribution in [2.24, 2.45) is 5.92 Å². The lowest BCUT2D eigenvalue weighted by atomic mass is 9.92. The molecule has 1 N–H and O–H groups in total. The molecule has 0 saturated heterocycles. The lowest BCUT2D eigenvalue weighted by Crippen LogP contribution is -2.04. The van der Waals surface area contributed by atoms with Crippen LogP contribution in [0.5, 0.6) is 0 Å². The first-order valence-electron chi connectivity index (χ1n) is 6.63. The number of aliphatic hydroxyl groups excluding tert-OH is 1. The summed E-state index contributed by atoms with van der Waals surface area (Å²) in [6, 6.07) is 6.77. The highest BCUT2D eigenvalue weighted by Crippen LogP contribution is 2.21. The molecule has 1 radical (unpaired) electrons. The predicted molar refractivity (Wildman–Crippen MR) is 74.1 cm³/mol. The first-order valence-corrected chi connectivity index (χ1v) is 6.63. The van der Waals surface area contributed by atoms with Gasteiger partial charge in [-0.2, -0.15) is 0 Å². The lowest BCUT2D eigenvalue weighted by molar-refractivity contribution is 0.315. The van der Waals surface area contributed by atoms with Crippen LogP contribution in [0.15, 0.2) is 18.2 Å². The van der Waals surface area contributed by atoms with Crippen molar-refractivity contribution in [2.75, 3.05) is 6.61 Å². The van der Waals surface area contributed by atoms with Gasteiger partial charge in [-0.3, -0.25) is 0 Å². The zero-order valence-corrected chi connectivity index (χ0v) is 11.6. The van der Waals surface area contributed by atoms with Gasteiger partial charge in [0.2, 0.25) is 0 Å². The van der Waals surface area contributed by atoms with Crippen molar-refractivity contribution in [3.8, 4) is 0 Å². The molecule has 0 fully saturated rings. The van der Waals surface area contributed by atoms with E-state index in [4.69, 9.17) is 0 Å². The second-order valence-electron chi connectivity index (χ2n) is 5.32. The number of hydrogen-bond donors (Lipinski definition) is 1. The molecule has 1 nitrogen and oxygen atoms in total. The van der Waals surface area contributed by atoms with E-state index in [-0.39, 0.29) is 6.61 Å². The van der Waals surface area contributed by atoms with Crippen LogP contribution in [0, 0.1) is 11.8 Å². The second kappa shape index (κ2) is 6.80. The summed E-state index contributed by atoms with van der Waals surface area (Å²) < 4.78 is 0. The first-order chi connectivity index (χ1) is 8.06. The minimum Gasteiger partial charge on any atom is -0.395 e. The SMILES string of the molecule is CCCc1cc(CC(C)C)cc([C](C)CO)c1. The smallest absolute Gasteiger partial charge is 0.0534 e. The van der Waals surface area contributed by atoms with Crippen LogP contribution in [0.3, 0.4) is 0 Å². The summed E-state index contributed by atoms with van der Waals surface area (Å²) in [6.07, 6.45) is 3.41. The third-order valence-electron chi connectivity index (χ3n) is 2.97. The largest absolute Gasteiger partial charge is 0.395 e. The molecule has 0 bridgehead atoms. The molecule has 0 aromatic heterocycles. The standard InChI is InChI=1S/C16H25O/c1-5-6-14-8-15(7-12(2)3)10-16(9-14)13(4)11-17/h8-10,12,17H,5-7,11H2,1-4H3. The monoisotopic (exact) mass is 233 g/mol. The van der Waals surface area contributed by atoms with Crippen molar-refractivity contribution in [1.82, 2.24) is 0 Å². The van der Waals surface area contributed by atoms with Crippen LogP contribution < -0.4 is 0 Å². The maximum absolute atomic E-state index is 9.24. The van der Waals surface area contributed by atoms with Gasteiger partial charge in [0.15, 0.2) is 0 Å². The number of hydrogen-bond acceptors (Lipinski definition) is 1. The minimum absolute atomic E-state index is 0.150. The fourth-order valence-corrected chi connectivity index (χ4v) is 2.12. The van der Waals surface area contributed by atoms with Crippen LogP contribution in [0.25, 0.3) is 0 Å². The minimum atomic E-state index is 0.150. The fraction of sp³-hybridized carbons (Fsp3) is 0.562. The van der Waals surface area contributed by atoms with Gasteiger partial charge >= 0.3 is 0 Å². The number of benzene rings is 1. The zero-order valence-electron chi connectivity index (χ0n) is 11.6. The van der Waals surface area contributed by atoms with Gasteiger partial charge < -0.3 is 5.11 Å². The molecule has 1 aromatic rings. The van der Waals surface area contributed by atoms with Crippen LogP contribution in [-0.4, -0.2) is 11.7 Å². The Balaban J connectivity index is 3.00. The van der Waals surface area contributed by atoms with Crippen molar-refractivity contribution < 1.29 is 5.11 Å². The molecule has 0 heterocycles. The summed E-state index contributed by atoms with van der Waals surface area (Å²) in [7, 11) is 0. The summed E-state index contributed by atoms with van der Waals surface area (Å²) in [6.45, 7) is 8.85. The maximum Gasteiger partial charge on any atom is 0.0534 e. The third-order valence-corrected chi connectivity index (χ3v) is 2.97. The molecular formula is C16H25O. The Kier molecular flexibility index (Phi) is 5.70. The summed E-state index contributed by atoms with van der Waals surface area (Å²) in [5.41, 5.74) is 4.00. The maximum atomic E-state index is 9.24. The molecule has 0 aliphatic carbocycles. The van der Waals surface area contributed by atoms with Gasteiger partial charge in [-0.15, -0.1) is 0 Å². The van der Waals surface area contributed by atoms with Crippen LogP contribution >= 0.6 is 0 Å². The topological polar surface area (TPSA) is 20.2 Å². The average molecular weight is 233 g/mol. The van der Waals surface area contributed by atoms with Gasteiger partial charge in [0.1, 0.15) is 0 Å². The van der Waals surface area contributed by atoms with Gasteiger partial charge in [-0.1, -0.05) is 52.3 Å². The van der Waals surface area contributed by atoms with Crippen molar-refractivity contribution in [3.05, 3.63) is 40.8 Å². The average Bonchev–Trinajstić information content (AvgIpc) is 2.27. The highest BCUT2D eigenvalue weighted by molar-refractivity contribution is 5.38. The molecule has 1 heteroatoms. The highest BCUT2D eigenvalue weighted by Gasteiger charge is 2.08.